The highest BCUT2D eigenvalue weighted by Crippen LogP contribution is 2.18. The topological polar surface area (TPSA) is 24.5 Å². The number of hydrogen-bond donors (Lipinski definition) is 1. The number of nitrogens with zero attached hydrogens (tertiary/aromatic N) is 1. The second-order valence-electron chi connectivity index (χ2n) is 4.81. The molecule has 0 radical (unpaired) electrons. The fourth-order valence-electron chi connectivity index (χ4n) is 2.09. The van der Waals surface area contributed by atoms with Crippen molar-refractivity contribution in [3.63, 3.8) is 0 Å². The van der Waals surface area contributed by atoms with Gasteiger partial charge in [-0.25, -0.2) is 0 Å². The minimum atomic E-state index is 0.381. The van der Waals surface area contributed by atoms with E-state index in [2.05, 4.69) is 48.6 Å². The normalized spacial score (nSPS) is 20.0. The first-order chi connectivity index (χ1) is 8.25. The smallest absolute Gasteiger partial charge is 0.0747 e. The summed E-state index contributed by atoms with van der Waals surface area (Å²) in [6.45, 7) is 1.83. The van der Waals surface area contributed by atoms with Gasteiger partial charge in [-0.2, -0.15) is 0 Å². The third-order valence-corrected chi connectivity index (χ3v) is 3.17. The highest BCUT2D eigenvalue weighted by atomic mass is 16.5. The van der Waals surface area contributed by atoms with Crippen molar-refractivity contribution in [2.75, 3.05) is 37.5 Å². The van der Waals surface area contributed by atoms with Gasteiger partial charge in [-0.05, 0) is 37.5 Å². The van der Waals surface area contributed by atoms with Crippen LogP contribution < -0.4 is 10.2 Å². The van der Waals surface area contributed by atoms with Crippen LogP contribution in [-0.4, -0.2) is 33.4 Å². The van der Waals surface area contributed by atoms with E-state index in [4.69, 9.17) is 4.74 Å². The zero-order chi connectivity index (χ0) is 12.1. The molecule has 1 aromatic rings. The van der Waals surface area contributed by atoms with Crippen molar-refractivity contribution in [2.45, 2.75) is 25.4 Å². The van der Waals surface area contributed by atoms with Crippen LogP contribution in [0.15, 0.2) is 24.3 Å². The maximum Gasteiger partial charge on any atom is 0.0747 e. The van der Waals surface area contributed by atoms with Crippen LogP contribution in [0.2, 0.25) is 0 Å². The van der Waals surface area contributed by atoms with Crippen LogP contribution in [-0.2, 0) is 4.74 Å². The second kappa shape index (κ2) is 5.92. The number of nitrogens with one attached hydrogen (secondary N) is 1. The summed E-state index contributed by atoms with van der Waals surface area (Å²) in [6.07, 6.45) is 4.07. The molecule has 1 fully saturated rings. The first-order valence-electron chi connectivity index (χ1n) is 6.38. The molecule has 1 N–H and O–H groups in total. The minimum absolute atomic E-state index is 0.381. The largest absolute Gasteiger partial charge is 0.382 e. The molecule has 1 saturated heterocycles. The van der Waals surface area contributed by atoms with Gasteiger partial charge in [-0.1, -0.05) is 6.07 Å². The highest BCUT2D eigenvalue weighted by molar-refractivity contribution is 5.57. The van der Waals surface area contributed by atoms with Crippen LogP contribution in [0.1, 0.15) is 19.3 Å². The molecule has 0 saturated carbocycles. The molecule has 1 atom stereocenters. The van der Waals surface area contributed by atoms with Gasteiger partial charge < -0.3 is 15.0 Å². The van der Waals surface area contributed by atoms with E-state index in [1.54, 1.807) is 0 Å². The zero-order valence-corrected chi connectivity index (χ0v) is 10.8. The Morgan fingerprint density at radius 1 is 1.35 bits per heavy atom. The van der Waals surface area contributed by atoms with E-state index in [1.807, 2.05) is 0 Å². The third-order valence-electron chi connectivity index (χ3n) is 3.17. The number of anilines is 2. The van der Waals surface area contributed by atoms with Crippen LogP contribution in [0.3, 0.4) is 0 Å². The van der Waals surface area contributed by atoms with E-state index in [0.29, 0.717) is 6.10 Å². The Bertz CT molecular complexity index is 346. The summed E-state index contributed by atoms with van der Waals surface area (Å²) in [5.74, 6) is 0. The predicted octanol–water partition coefficient (Wildman–Crippen LogP) is 2.73. The highest BCUT2D eigenvalue weighted by Gasteiger charge is 2.13. The Kier molecular flexibility index (Phi) is 4.26. The van der Waals surface area contributed by atoms with Gasteiger partial charge in [0.25, 0.3) is 0 Å². The lowest BCUT2D eigenvalue weighted by Gasteiger charge is -2.23. The van der Waals surface area contributed by atoms with Crippen LogP contribution in [0.5, 0.6) is 0 Å². The monoisotopic (exact) mass is 234 g/mol. The molecule has 0 bridgehead atoms. The van der Waals surface area contributed by atoms with E-state index in [1.165, 1.54) is 30.6 Å². The van der Waals surface area contributed by atoms with Crippen molar-refractivity contribution in [2.24, 2.45) is 0 Å². The minimum Gasteiger partial charge on any atom is -0.382 e. The van der Waals surface area contributed by atoms with E-state index < -0.39 is 0 Å². The molecule has 0 aromatic heterocycles. The molecule has 94 valence electrons. The Labute approximate surface area is 104 Å². The van der Waals surface area contributed by atoms with Gasteiger partial charge in [0.15, 0.2) is 0 Å². The molecule has 3 nitrogen and oxygen atoms in total. The van der Waals surface area contributed by atoms with Crippen LogP contribution in [0.25, 0.3) is 0 Å². The Morgan fingerprint density at radius 3 is 2.94 bits per heavy atom. The van der Waals surface area contributed by atoms with Crippen molar-refractivity contribution < 1.29 is 4.74 Å². The summed E-state index contributed by atoms with van der Waals surface area (Å²) in [4.78, 5) is 2.11. The van der Waals surface area contributed by atoms with E-state index in [9.17, 15) is 0 Å². The SMILES string of the molecule is CN(C)c1cccc(NCC2CCCCO2)c1. The third kappa shape index (κ3) is 3.63. The number of ether oxygens (including phenoxy) is 1. The number of rotatable bonds is 4. The first kappa shape index (κ1) is 12.2. The molecule has 1 unspecified atom stereocenters. The average Bonchev–Trinajstić information content (AvgIpc) is 2.38. The second-order valence-corrected chi connectivity index (χ2v) is 4.81. The fraction of sp³-hybridized carbons (Fsp3) is 0.571. The summed E-state index contributed by atoms with van der Waals surface area (Å²) >= 11 is 0. The van der Waals surface area contributed by atoms with Gasteiger partial charge in [0, 0.05) is 38.6 Å². The van der Waals surface area contributed by atoms with Gasteiger partial charge in [0.1, 0.15) is 0 Å². The zero-order valence-electron chi connectivity index (χ0n) is 10.8. The van der Waals surface area contributed by atoms with Crippen LogP contribution >= 0.6 is 0 Å². The van der Waals surface area contributed by atoms with Gasteiger partial charge in [0.05, 0.1) is 6.10 Å². The van der Waals surface area contributed by atoms with E-state index >= 15 is 0 Å². The Morgan fingerprint density at radius 2 is 2.24 bits per heavy atom. The summed E-state index contributed by atoms with van der Waals surface area (Å²) in [7, 11) is 4.12. The van der Waals surface area contributed by atoms with Gasteiger partial charge >= 0.3 is 0 Å². The van der Waals surface area contributed by atoms with Gasteiger partial charge in [-0.15, -0.1) is 0 Å². The summed E-state index contributed by atoms with van der Waals surface area (Å²) in [5.41, 5.74) is 2.39. The van der Waals surface area contributed by atoms with Crippen molar-refractivity contribution in [3.05, 3.63) is 24.3 Å². The molecular formula is C14H22N2O. The molecule has 0 amide bonds. The first-order valence-corrected chi connectivity index (χ1v) is 6.38. The molecule has 2 rings (SSSR count). The summed E-state index contributed by atoms with van der Waals surface area (Å²) in [6, 6.07) is 8.47. The molecule has 0 aliphatic carbocycles. The molecule has 1 aliphatic rings. The lowest BCUT2D eigenvalue weighted by molar-refractivity contribution is 0.0247. The van der Waals surface area contributed by atoms with Gasteiger partial charge in [0.2, 0.25) is 0 Å². The molecule has 0 spiro atoms. The maximum absolute atomic E-state index is 5.70. The quantitative estimate of drug-likeness (QED) is 0.867. The van der Waals surface area contributed by atoms with E-state index in [0.717, 1.165) is 13.2 Å². The molecule has 1 aromatic carbocycles. The Hall–Kier alpha value is -1.22. The van der Waals surface area contributed by atoms with E-state index in [-0.39, 0.29) is 0 Å². The van der Waals surface area contributed by atoms with Crippen LogP contribution in [0, 0.1) is 0 Å². The molecule has 1 heterocycles. The summed E-state index contributed by atoms with van der Waals surface area (Å²) < 4.78 is 5.70. The lowest BCUT2D eigenvalue weighted by atomic mass is 10.1. The molecular weight excluding hydrogens is 212 g/mol. The van der Waals surface area contributed by atoms with Gasteiger partial charge in [-0.3, -0.25) is 0 Å². The van der Waals surface area contributed by atoms with Crippen molar-refractivity contribution in [3.8, 4) is 0 Å². The van der Waals surface area contributed by atoms with Crippen molar-refractivity contribution in [1.82, 2.24) is 0 Å². The van der Waals surface area contributed by atoms with Crippen molar-refractivity contribution >= 4 is 11.4 Å². The summed E-state index contributed by atoms with van der Waals surface area (Å²) in [5, 5.41) is 3.46. The molecule has 3 heteroatoms. The molecule has 17 heavy (non-hydrogen) atoms. The average molecular weight is 234 g/mol. The number of hydrogen-bond acceptors (Lipinski definition) is 3. The lowest BCUT2D eigenvalue weighted by Crippen LogP contribution is -2.27. The predicted molar refractivity (Wildman–Crippen MR) is 72.8 cm³/mol. The fourth-order valence-corrected chi connectivity index (χ4v) is 2.09. The molecule has 1 aliphatic heterocycles. The van der Waals surface area contributed by atoms with Crippen LogP contribution in [0.4, 0.5) is 11.4 Å². The van der Waals surface area contributed by atoms with Crippen molar-refractivity contribution in [1.29, 1.82) is 0 Å². The maximum atomic E-state index is 5.70. The standard InChI is InChI=1S/C14H22N2O/c1-16(2)13-7-5-6-12(10-13)15-11-14-8-3-4-9-17-14/h5-7,10,14-15H,3-4,8-9,11H2,1-2H3. The Balaban J connectivity index is 1.87. The number of benzene rings is 1.